The molecule has 0 atom stereocenters. The maximum atomic E-state index is 10.7. The van der Waals surface area contributed by atoms with E-state index < -0.39 is 0 Å². The van der Waals surface area contributed by atoms with Gasteiger partial charge in [0.25, 0.3) is 0 Å². The summed E-state index contributed by atoms with van der Waals surface area (Å²) >= 11 is 0. The Kier molecular flexibility index (Phi) is 3.98. The number of carbonyl (C=O) groups is 1. The standard InChI is InChI=1S/C9H13N3O.ClH/c13-8-9-2-1-5-12(9)11-6-3-10-4-7-11;/h1-2,5,8,10H,3-4,6-7H2;1H. The minimum Gasteiger partial charge on any atom is -0.313 e. The molecule has 0 unspecified atom stereocenters. The summed E-state index contributed by atoms with van der Waals surface area (Å²) in [4.78, 5) is 10.7. The van der Waals surface area contributed by atoms with Crippen molar-refractivity contribution in [3.63, 3.8) is 0 Å². The summed E-state index contributed by atoms with van der Waals surface area (Å²) in [5.41, 5.74) is 0.724. The molecule has 78 valence electrons. The van der Waals surface area contributed by atoms with E-state index in [0.29, 0.717) is 0 Å². The first-order chi connectivity index (χ1) is 6.42. The molecule has 1 aliphatic heterocycles. The molecular formula is C9H14ClN3O. The molecule has 0 amide bonds. The predicted molar refractivity (Wildman–Crippen MR) is 57.9 cm³/mol. The van der Waals surface area contributed by atoms with Crippen LogP contribution in [0, 0.1) is 0 Å². The molecular weight excluding hydrogens is 202 g/mol. The zero-order valence-corrected chi connectivity index (χ0v) is 8.67. The number of carbonyl (C=O) groups excluding carboxylic acids is 1. The Hall–Kier alpha value is -1.00. The normalized spacial score (nSPS) is 16.1. The average molecular weight is 216 g/mol. The van der Waals surface area contributed by atoms with Crippen molar-refractivity contribution < 1.29 is 4.79 Å². The predicted octanol–water partition coefficient (Wildman–Crippen LogP) is 0.264. The van der Waals surface area contributed by atoms with Crippen molar-refractivity contribution in [2.75, 3.05) is 31.2 Å². The highest BCUT2D eigenvalue weighted by molar-refractivity contribution is 5.85. The molecule has 2 heterocycles. The fraction of sp³-hybridized carbons (Fsp3) is 0.444. The zero-order valence-electron chi connectivity index (χ0n) is 7.85. The Morgan fingerprint density at radius 2 is 2.07 bits per heavy atom. The SMILES string of the molecule is Cl.O=Cc1cccn1N1CCNCC1. The van der Waals surface area contributed by atoms with Crippen molar-refractivity contribution in [2.45, 2.75) is 0 Å². The lowest BCUT2D eigenvalue weighted by atomic mass is 10.4. The molecule has 1 N–H and O–H groups in total. The minimum absolute atomic E-state index is 0. The van der Waals surface area contributed by atoms with Crippen LogP contribution in [0.1, 0.15) is 10.5 Å². The minimum atomic E-state index is 0. The van der Waals surface area contributed by atoms with Gasteiger partial charge in [-0.25, -0.2) is 0 Å². The largest absolute Gasteiger partial charge is 0.313 e. The van der Waals surface area contributed by atoms with E-state index in [4.69, 9.17) is 0 Å². The molecule has 5 heteroatoms. The van der Waals surface area contributed by atoms with Crippen LogP contribution in [-0.2, 0) is 0 Å². The molecule has 14 heavy (non-hydrogen) atoms. The highest BCUT2D eigenvalue weighted by Crippen LogP contribution is 2.01. The highest BCUT2D eigenvalue weighted by atomic mass is 35.5. The Morgan fingerprint density at radius 3 is 2.71 bits per heavy atom. The van der Waals surface area contributed by atoms with Crippen LogP contribution < -0.4 is 10.3 Å². The topological polar surface area (TPSA) is 37.3 Å². The Morgan fingerprint density at radius 1 is 1.36 bits per heavy atom. The first-order valence-electron chi connectivity index (χ1n) is 4.50. The summed E-state index contributed by atoms with van der Waals surface area (Å²) in [5.74, 6) is 0. The van der Waals surface area contributed by atoms with Crippen LogP contribution in [0.15, 0.2) is 18.3 Å². The molecule has 1 aromatic rings. The van der Waals surface area contributed by atoms with E-state index in [-0.39, 0.29) is 12.4 Å². The number of rotatable bonds is 2. The quantitative estimate of drug-likeness (QED) is 0.720. The molecule has 1 fully saturated rings. The van der Waals surface area contributed by atoms with Gasteiger partial charge in [0.05, 0.1) is 0 Å². The number of aldehydes is 1. The van der Waals surface area contributed by atoms with Crippen LogP contribution >= 0.6 is 12.4 Å². The first-order valence-corrected chi connectivity index (χ1v) is 4.50. The van der Waals surface area contributed by atoms with Crippen LogP contribution in [-0.4, -0.2) is 37.1 Å². The Bertz CT molecular complexity index is 294. The lowest BCUT2D eigenvalue weighted by molar-refractivity contribution is 0.111. The Labute approximate surface area is 89.3 Å². The van der Waals surface area contributed by atoms with Crippen LogP contribution in [0.5, 0.6) is 0 Å². The molecule has 1 aliphatic rings. The fourth-order valence-corrected chi connectivity index (χ4v) is 1.60. The summed E-state index contributed by atoms with van der Waals surface area (Å²) in [7, 11) is 0. The van der Waals surface area contributed by atoms with E-state index in [0.717, 1.165) is 38.2 Å². The van der Waals surface area contributed by atoms with Gasteiger partial charge in [0, 0.05) is 32.4 Å². The summed E-state index contributed by atoms with van der Waals surface area (Å²) < 4.78 is 1.92. The molecule has 0 radical (unpaired) electrons. The maximum absolute atomic E-state index is 10.7. The van der Waals surface area contributed by atoms with Gasteiger partial charge >= 0.3 is 0 Å². The van der Waals surface area contributed by atoms with E-state index in [2.05, 4.69) is 10.3 Å². The van der Waals surface area contributed by atoms with Crippen molar-refractivity contribution in [3.05, 3.63) is 24.0 Å². The lowest BCUT2D eigenvalue weighted by Crippen LogP contribution is -2.49. The molecule has 4 nitrogen and oxygen atoms in total. The van der Waals surface area contributed by atoms with Crippen LogP contribution in [0.3, 0.4) is 0 Å². The number of hydrogen-bond donors (Lipinski definition) is 1. The first kappa shape index (κ1) is 11.1. The molecule has 1 aromatic heterocycles. The van der Waals surface area contributed by atoms with Crippen LogP contribution in [0.25, 0.3) is 0 Å². The van der Waals surface area contributed by atoms with Crippen molar-refractivity contribution >= 4 is 18.7 Å². The van der Waals surface area contributed by atoms with E-state index in [1.165, 1.54) is 0 Å². The third kappa shape index (κ3) is 2.08. The van der Waals surface area contributed by atoms with Gasteiger partial charge in [-0.2, -0.15) is 0 Å². The van der Waals surface area contributed by atoms with Crippen molar-refractivity contribution in [3.8, 4) is 0 Å². The second-order valence-corrected chi connectivity index (χ2v) is 3.10. The van der Waals surface area contributed by atoms with Gasteiger partial charge in [0.15, 0.2) is 6.29 Å². The van der Waals surface area contributed by atoms with E-state index >= 15 is 0 Å². The van der Waals surface area contributed by atoms with Gasteiger partial charge in [-0.1, -0.05) is 0 Å². The molecule has 0 aromatic carbocycles. The van der Waals surface area contributed by atoms with Crippen LogP contribution in [0.2, 0.25) is 0 Å². The molecule has 0 aliphatic carbocycles. The number of aromatic nitrogens is 1. The third-order valence-corrected chi connectivity index (χ3v) is 2.28. The summed E-state index contributed by atoms with van der Waals surface area (Å²) in [6.07, 6.45) is 2.82. The van der Waals surface area contributed by atoms with Crippen LogP contribution in [0.4, 0.5) is 0 Å². The molecule has 2 rings (SSSR count). The molecule has 0 bridgehead atoms. The number of nitrogens with zero attached hydrogens (tertiary/aromatic N) is 2. The second-order valence-electron chi connectivity index (χ2n) is 3.10. The number of hydrogen-bond acceptors (Lipinski definition) is 3. The average Bonchev–Trinajstić information content (AvgIpc) is 2.67. The van der Waals surface area contributed by atoms with Gasteiger partial charge in [-0.15, -0.1) is 12.4 Å². The smallest absolute Gasteiger partial charge is 0.168 e. The van der Waals surface area contributed by atoms with Gasteiger partial charge in [-0.05, 0) is 12.1 Å². The lowest BCUT2D eigenvalue weighted by Gasteiger charge is -2.31. The number of nitrogens with one attached hydrogen (secondary N) is 1. The number of piperazine rings is 1. The molecule has 0 spiro atoms. The highest BCUT2D eigenvalue weighted by Gasteiger charge is 2.11. The molecule has 0 saturated carbocycles. The summed E-state index contributed by atoms with van der Waals surface area (Å²) in [6.45, 7) is 3.87. The van der Waals surface area contributed by atoms with Gasteiger partial charge in [-0.3, -0.25) is 9.47 Å². The van der Waals surface area contributed by atoms with E-state index in [9.17, 15) is 4.79 Å². The summed E-state index contributed by atoms with van der Waals surface area (Å²) in [5, 5.41) is 5.44. The maximum Gasteiger partial charge on any atom is 0.168 e. The van der Waals surface area contributed by atoms with E-state index in [1.807, 2.05) is 23.0 Å². The van der Waals surface area contributed by atoms with Gasteiger partial charge in [0.2, 0.25) is 0 Å². The van der Waals surface area contributed by atoms with Gasteiger partial charge in [0.1, 0.15) is 5.69 Å². The third-order valence-electron chi connectivity index (χ3n) is 2.28. The molecule has 1 saturated heterocycles. The van der Waals surface area contributed by atoms with Crippen molar-refractivity contribution in [1.82, 2.24) is 9.99 Å². The Balaban J connectivity index is 0.000000980. The van der Waals surface area contributed by atoms with Crippen molar-refractivity contribution in [1.29, 1.82) is 0 Å². The van der Waals surface area contributed by atoms with E-state index in [1.54, 1.807) is 0 Å². The van der Waals surface area contributed by atoms with Crippen molar-refractivity contribution in [2.24, 2.45) is 0 Å². The summed E-state index contributed by atoms with van der Waals surface area (Å²) in [6, 6.07) is 3.72. The zero-order chi connectivity index (χ0) is 9.10. The fourth-order valence-electron chi connectivity index (χ4n) is 1.60. The number of halogens is 1. The van der Waals surface area contributed by atoms with Gasteiger partial charge < -0.3 is 10.3 Å². The monoisotopic (exact) mass is 215 g/mol. The second kappa shape index (κ2) is 5.02.